The Morgan fingerprint density at radius 3 is 2.88 bits per heavy atom. The average Bonchev–Trinajstić information content (AvgIpc) is 2.39. The fourth-order valence-corrected chi connectivity index (χ4v) is 2.88. The molecule has 0 aromatic heterocycles. The van der Waals surface area contributed by atoms with Crippen LogP contribution in [-0.2, 0) is 4.79 Å². The van der Waals surface area contributed by atoms with E-state index in [-0.39, 0.29) is 6.04 Å². The molecule has 1 N–H and O–H groups in total. The monoisotopic (exact) mass is 224 g/mol. The smallest absolute Gasteiger partial charge is 0.239 e. The van der Waals surface area contributed by atoms with E-state index >= 15 is 0 Å². The maximum absolute atomic E-state index is 12.3. The molecule has 0 saturated carbocycles. The van der Waals surface area contributed by atoms with Crippen molar-refractivity contribution in [3.05, 3.63) is 0 Å². The number of likely N-dealkylation sites (tertiary alicyclic amines) is 1. The third-order valence-corrected chi connectivity index (χ3v) is 4.02. The summed E-state index contributed by atoms with van der Waals surface area (Å²) in [5, 5.41) is 3.36. The summed E-state index contributed by atoms with van der Waals surface area (Å²) in [6.45, 7) is 5.22. The summed E-state index contributed by atoms with van der Waals surface area (Å²) in [6.07, 6.45) is 7.17. The Kier molecular flexibility index (Phi) is 4.22. The minimum atomic E-state index is 0.115. The normalized spacial score (nSPS) is 31.4. The number of hydrogen-bond donors (Lipinski definition) is 1. The van der Waals surface area contributed by atoms with Crippen molar-refractivity contribution in [3.8, 4) is 0 Å². The number of carbonyl (C=O) groups excluding carboxylic acids is 1. The molecule has 1 amide bonds. The van der Waals surface area contributed by atoms with Crippen molar-refractivity contribution in [2.24, 2.45) is 5.92 Å². The fourth-order valence-electron chi connectivity index (χ4n) is 2.88. The van der Waals surface area contributed by atoms with Crippen molar-refractivity contribution in [3.63, 3.8) is 0 Å². The second-order valence-electron chi connectivity index (χ2n) is 5.20. The molecule has 0 aromatic rings. The zero-order chi connectivity index (χ0) is 11.4. The second-order valence-corrected chi connectivity index (χ2v) is 5.20. The standard InChI is InChI=1S/C13H24N2O/c1-2-11-6-5-9-15(10-11)13(16)12-7-3-4-8-14-12/h11-12,14H,2-10H2,1H3/t11?,12-/m1/s1. The lowest BCUT2D eigenvalue weighted by Gasteiger charge is -2.35. The minimum Gasteiger partial charge on any atom is -0.341 e. The molecule has 3 heteroatoms. The van der Waals surface area contributed by atoms with Crippen LogP contribution in [0.2, 0.25) is 0 Å². The van der Waals surface area contributed by atoms with Gasteiger partial charge in [-0.25, -0.2) is 0 Å². The molecular formula is C13H24N2O. The van der Waals surface area contributed by atoms with Crippen LogP contribution in [0.3, 0.4) is 0 Å². The Morgan fingerprint density at radius 2 is 2.19 bits per heavy atom. The van der Waals surface area contributed by atoms with Gasteiger partial charge in [-0.15, -0.1) is 0 Å². The van der Waals surface area contributed by atoms with Crippen LogP contribution < -0.4 is 5.32 Å². The van der Waals surface area contributed by atoms with Gasteiger partial charge in [-0.05, 0) is 38.1 Å². The third kappa shape index (κ3) is 2.76. The predicted octanol–water partition coefficient (Wildman–Crippen LogP) is 1.78. The summed E-state index contributed by atoms with van der Waals surface area (Å²) < 4.78 is 0. The van der Waals surface area contributed by atoms with Crippen molar-refractivity contribution in [2.75, 3.05) is 19.6 Å². The third-order valence-electron chi connectivity index (χ3n) is 4.02. The van der Waals surface area contributed by atoms with Crippen molar-refractivity contribution >= 4 is 5.91 Å². The molecule has 2 saturated heterocycles. The number of rotatable bonds is 2. The van der Waals surface area contributed by atoms with Crippen LogP contribution in [0.5, 0.6) is 0 Å². The Morgan fingerprint density at radius 1 is 1.31 bits per heavy atom. The fraction of sp³-hybridized carbons (Fsp3) is 0.923. The second kappa shape index (κ2) is 5.67. The first kappa shape index (κ1) is 11.9. The molecule has 2 aliphatic heterocycles. The molecule has 3 nitrogen and oxygen atoms in total. The van der Waals surface area contributed by atoms with E-state index in [4.69, 9.17) is 0 Å². The van der Waals surface area contributed by atoms with E-state index < -0.39 is 0 Å². The lowest BCUT2D eigenvalue weighted by atomic mass is 9.94. The molecule has 16 heavy (non-hydrogen) atoms. The van der Waals surface area contributed by atoms with Gasteiger partial charge in [0.05, 0.1) is 6.04 Å². The number of piperidine rings is 2. The first-order valence-corrected chi connectivity index (χ1v) is 6.83. The molecule has 92 valence electrons. The van der Waals surface area contributed by atoms with E-state index in [9.17, 15) is 4.79 Å². The molecule has 2 fully saturated rings. The van der Waals surface area contributed by atoms with Crippen LogP contribution in [0.1, 0.15) is 45.4 Å². The van der Waals surface area contributed by atoms with Crippen LogP contribution >= 0.6 is 0 Å². The van der Waals surface area contributed by atoms with Gasteiger partial charge in [0.1, 0.15) is 0 Å². The zero-order valence-corrected chi connectivity index (χ0v) is 10.4. The van der Waals surface area contributed by atoms with E-state index in [1.807, 2.05) is 0 Å². The summed E-state index contributed by atoms with van der Waals surface area (Å²) in [5.74, 6) is 1.10. The molecule has 1 unspecified atom stereocenters. The predicted molar refractivity (Wildman–Crippen MR) is 65.2 cm³/mol. The van der Waals surface area contributed by atoms with Crippen LogP contribution in [0.15, 0.2) is 0 Å². The van der Waals surface area contributed by atoms with Gasteiger partial charge < -0.3 is 10.2 Å². The average molecular weight is 224 g/mol. The van der Waals surface area contributed by atoms with Gasteiger partial charge in [0.2, 0.25) is 5.91 Å². The van der Waals surface area contributed by atoms with Crippen LogP contribution in [-0.4, -0.2) is 36.5 Å². The number of amides is 1. The zero-order valence-electron chi connectivity index (χ0n) is 10.4. The molecule has 2 rings (SSSR count). The highest BCUT2D eigenvalue weighted by Crippen LogP contribution is 2.21. The van der Waals surface area contributed by atoms with Crippen LogP contribution in [0.4, 0.5) is 0 Å². The first-order valence-electron chi connectivity index (χ1n) is 6.83. The van der Waals surface area contributed by atoms with Gasteiger partial charge in [-0.2, -0.15) is 0 Å². The summed E-state index contributed by atoms with van der Waals surface area (Å²) in [7, 11) is 0. The SMILES string of the molecule is CCC1CCCN(C(=O)[C@H]2CCCCN2)C1. The molecule has 2 aliphatic rings. The van der Waals surface area contributed by atoms with Gasteiger partial charge in [-0.3, -0.25) is 4.79 Å². The van der Waals surface area contributed by atoms with E-state index in [1.165, 1.54) is 32.1 Å². The lowest BCUT2D eigenvalue weighted by Crippen LogP contribution is -2.51. The molecular weight excluding hydrogens is 200 g/mol. The van der Waals surface area contributed by atoms with E-state index in [2.05, 4.69) is 17.1 Å². The first-order chi connectivity index (χ1) is 7.81. The van der Waals surface area contributed by atoms with Gasteiger partial charge in [-0.1, -0.05) is 19.8 Å². The number of carbonyl (C=O) groups is 1. The maximum atomic E-state index is 12.3. The van der Waals surface area contributed by atoms with E-state index in [0.717, 1.165) is 32.0 Å². The van der Waals surface area contributed by atoms with Gasteiger partial charge >= 0.3 is 0 Å². The summed E-state index contributed by atoms with van der Waals surface area (Å²) >= 11 is 0. The maximum Gasteiger partial charge on any atom is 0.239 e. The molecule has 0 aliphatic carbocycles. The van der Waals surface area contributed by atoms with E-state index in [0.29, 0.717) is 5.91 Å². The molecule has 0 spiro atoms. The van der Waals surface area contributed by atoms with Crippen LogP contribution in [0.25, 0.3) is 0 Å². The summed E-state index contributed by atoms with van der Waals surface area (Å²) in [6, 6.07) is 0.115. The minimum absolute atomic E-state index is 0.115. The van der Waals surface area contributed by atoms with Crippen molar-refractivity contribution < 1.29 is 4.79 Å². The van der Waals surface area contributed by atoms with Gasteiger partial charge in [0, 0.05) is 13.1 Å². The number of hydrogen-bond acceptors (Lipinski definition) is 2. The summed E-state index contributed by atoms with van der Waals surface area (Å²) in [4.78, 5) is 14.4. The Hall–Kier alpha value is -0.570. The number of nitrogens with one attached hydrogen (secondary N) is 1. The van der Waals surface area contributed by atoms with E-state index in [1.54, 1.807) is 0 Å². The molecule has 2 heterocycles. The van der Waals surface area contributed by atoms with Crippen molar-refractivity contribution in [1.29, 1.82) is 0 Å². The van der Waals surface area contributed by atoms with Crippen molar-refractivity contribution in [1.82, 2.24) is 10.2 Å². The Balaban J connectivity index is 1.87. The lowest BCUT2D eigenvalue weighted by molar-refractivity contribution is -0.135. The highest BCUT2D eigenvalue weighted by Gasteiger charge is 2.28. The quantitative estimate of drug-likeness (QED) is 0.775. The largest absolute Gasteiger partial charge is 0.341 e. The Bertz CT molecular complexity index is 236. The highest BCUT2D eigenvalue weighted by atomic mass is 16.2. The molecule has 0 bridgehead atoms. The highest BCUT2D eigenvalue weighted by molar-refractivity contribution is 5.82. The van der Waals surface area contributed by atoms with Crippen molar-refractivity contribution in [2.45, 2.75) is 51.5 Å². The Labute approximate surface area is 98.6 Å². The van der Waals surface area contributed by atoms with Gasteiger partial charge in [0.15, 0.2) is 0 Å². The van der Waals surface area contributed by atoms with Gasteiger partial charge in [0.25, 0.3) is 0 Å². The molecule has 0 radical (unpaired) electrons. The van der Waals surface area contributed by atoms with Crippen LogP contribution in [0, 0.1) is 5.92 Å². The topological polar surface area (TPSA) is 32.3 Å². The summed E-state index contributed by atoms with van der Waals surface area (Å²) in [5.41, 5.74) is 0. The number of nitrogens with zero attached hydrogens (tertiary/aromatic N) is 1. The molecule has 2 atom stereocenters. The molecule has 0 aromatic carbocycles.